The Hall–Kier alpha value is -0.730. The molecule has 0 saturated heterocycles. The van der Waals surface area contributed by atoms with Crippen molar-refractivity contribution in [2.75, 3.05) is 6.54 Å². The van der Waals surface area contributed by atoms with Crippen molar-refractivity contribution < 1.29 is 4.79 Å². The van der Waals surface area contributed by atoms with Crippen LogP contribution in [0.3, 0.4) is 0 Å². The maximum absolute atomic E-state index is 12.4. The monoisotopic (exact) mass is 252 g/mol. The Labute approximate surface area is 111 Å². The number of nitrogens with one attached hydrogen (secondary N) is 1. The fourth-order valence-electron chi connectivity index (χ4n) is 2.87. The van der Waals surface area contributed by atoms with Gasteiger partial charge in [-0.25, -0.2) is 4.79 Å². The number of amides is 2. The highest BCUT2D eigenvalue weighted by Crippen LogP contribution is 2.25. The van der Waals surface area contributed by atoms with Crippen LogP contribution < -0.4 is 5.32 Å². The molecule has 0 aromatic heterocycles. The molecule has 0 heterocycles. The third-order valence-corrected chi connectivity index (χ3v) is 4.41. The normalized spacial score (nSPS) is 21.1. The fourth-order valence-corrected chi connectivity index (χ4v) is 2.87. The molecule has 1 N–H and O–H groups in total. The zero-order chi connectivity index (χ0) is 13.0. The van der Waals surface area contributed by atoms with E-state index in [2.05, 4.69) is 24.1 Å². The summed E-state index contributed by atoms with van der Waals surface area (Å²) >= 11 is 0. The van der Waals surface area contributed by atoms with Crippen LogP contribution in [-0.2, 0) is 0 Å². The van der Waals surface area contributed by atoms with Gasteiger partial charge < -0.3 is 10.2 Å². The summed E-state index contributed by atoms with van der Waals surface area (Å²) in [4.78, 5) is 14.5. The van der Waals surface area contributed by atoms with Crippen molar-refractivity contribution in [2.45, 2.75) is 77.3 Å². The number of rotatable bonds is 5. The lowest BCUT2D eigenvalue weighted by Gasteiger charge is -2.34. The van der Waals surface area contributed by atoms with Crippen LogP contribution in [0.4, 0.5) is 4.79 Å². The molecule has 0 spiro atoms. The van der Waals surface area contributed by atoms with E-state index < -0.39 is 0 Å². The Morgan fingerprint density at radius 3 is 2.33 bits per heavy atom. The molecular formula is C15H28N2O. The van der Waals surface area contributed by atoms with E-state index in [1.807, 2.05) is 0 Å². The molecule has 0 bridgehead atoms. The van der Waals surface area contributed by atoms with E-state index in [4.69, 9.17) is 0 Å². The van der Waals surface area contributed by atoms with Gasteiger partial charge in [-0.3, -0.25) is 0 Å². The molecule has 0 radical (unpaired) electrons. The smallest absolute Gasteiger partial charge is 0.317 e. The molecule has 3 heteroatoms. The first-order valence-corrected chi connectivity index (χ1v) is 7.74. The van der Waals surface area contributed by atoms with Gasteiger partial charge in [0.15, 0.2) is 0 Å². The number of nitrogens with zero attached hydrogens (tertiary/aromatic N) is 1. The molecule has 3 nitrogen and oxygen atoms in total. The number of carbonyl (C=O) groups is 1. The Kier molecular flexibility index (Phi) is 4.90. The summed E-state index contributed by atoms with van der Waals surface area (Å²) < 4.78 is 0. The van der Waals surface area contributed by atoms with Crippen LogP contribution in [0.15, 0.2) is 0 Å². The minimum absolute atomic E-state index is 0.201. The van der Waals surface area contributed by atoms with Gasteiger partial charge in [0.1, 0.15) is 0 Å². The summed E-state index contributed by atoms with van der Waals surface area (Å²) in [5.74, 6) is 0.672. The van der Waals surface area contributed by atoms with Crippen molar-refractivity contribution >= 4 is 6.03 Å². The van der Waals surface area contributed by atoms with Crippen molar-refractivity contribution in [3.63, 3.8) is 0 Å². The lowest BCUT2D eigenvalue weighted by molar-refractivity contribution is 0.161. The molecule has 2 fully saturated rings. The number of carbonyl (C=O) groups excluding carboxylic acids is 1. The van der Waals surface area contributed by atoms with E-state index >= 15 is 0 Å². The van der Waals surface area contributed by atoms with Gasteiger partial charge in [-0.15, -0.1) is 0 Å². The minimum atomic E-state index is 0.201. The molecule has 2 saturated carbocycles. The van der Waals surface area contributed by atoms with Gasteiger partial charge in [0.05, 0.1) is 0 Å². The second-order valence-corrected chi connectivity index (χ2v) is 6.39. The Balaban J connectivity index is 1.86. The summed E-state index contributed by atoms with van der Waals surface area (Å²) in [5.41, 5.74) is 0. The predicted molar refractivity (Wildman–Crippen MR) is 74.6 cm³/mol. The topological polar surface area (TPSA) is 32.3 Å². The van der Waals surface area contributed by atoms with Crippen molar-refractivity contribution in [3.05, 3.63) is 0 Å². The van der Waals surface area contributed by atoms with Crippen LogP contribution in [0, 0.1) is 5.92 Å². The average molecular weight is 252 g/mol. The summed E-state index contributed by atoms with van der Waals surface area (Å²) in [6.07, 6.45) is 9.74. The summed E-state index contributed by atoms with van der Waals surface area (Å²) in [6.45, 7) is 5.40. The maximum atomic E-state index is 12.4. The minimum Gasteiger partial charge on any atom is -0.335 e. The first kappa shape index (κ1) is 13.7. The molecular weight excluding hydrogens is 224 g/mol. The highest BCUT2D eigenvalue weighted by molar-refractivity contribution is 5.75. The van der Waals surface area contributed by atoms with Gasteiger partial charge in [0, 0.05) is 18.6 Å². The van der Waals surface area contributed by atoms with Gasteiger partial charge in [-0.1, -0.05) is 26.7 Å². The zero-order valence-corrected chi connectivity index (χ0v) is 12.0. The van der Waals surface area contributed by atoms with E-state index in [1.54, 1.807) is 0 Å². The van der Waals surface area contributed by atoms with Crippen LogP contribution in [0.5, 0.6) is 0 Å². The molecule has 2 aliphatic carbocycles. The number of hydrogen-bond acceptors (Lipinski definition) is 1. The first-order valence-electron chi connectivity index (χ1n) is 7.74. The Morgan fingerprint density at radius 1 is 1.17 bits per heavy atom. The van der Waals surface area contributed by atoms with E-state index in [0.29, 0.717) is 18.0 Å². The molecule has 0 aromatic rings. The maximum Gasteiger partial charge on any atom is 0.317 e. The predicted octanol–water partition coefficient (Wildman–Crippen LogP) is 3.54. The Bertz CT molecular complexity index is 268. The second kappa shape index (κ2) is 6.44. The number of urea groups is 1. The molecule has 0 aromatic carbocycles. The summed E-state index contributed by atoms with van der Waals surface area (Å²) in [6, 6.07) is 1.16. The third-order valence-electron chi connectivity index (χ3n) is 4.41. The van der Waals surface area contributed by atoms with E-state index in [1.165, 1.54) is 44.9 Å². The van der Waals surface area contributed by atoms with Gasteiger partial charge >= 0.3 is 6.03 Å². The molecule has 18 heavy (non-hydrogen) atoms. The van der Waals surface area contributed by atoms with Crippen molar-refractivity contribution in [2.24, 2.45) is 5.92 Å². The summed E-state index contributed by atoms with van der Waals surface area (Å²) in [5, 5.41) is 3.20. The van der Waals surface area contributed by atoms with Gasteiger partial charge in [0.25, 0.3) is 0 Å². The van der Waals surface area contributed by atoms with Crippen molar-refractivity contribution in [1.29, 1.82) is 0 Å². The van der Waals surface area contributed by atoms with E-state index in [0.717, 1.165) is 13.0 Å². The molecule has 104 valence electrons. The van der Waals surface area contributed by atoms with Crippen LogP contribution in [0.1, 0.15) is 65.2 Å². The van der Waals surface area contributed by atoms with Crippen LogP contribution in [0.25, 0.3) is 0 Å². The summed E-state index contributed by atoms with van der Waals surface area (Å²) in [7, 11) is 0. The lowest BCUT2D eigenvalue weighted by Crippen LogP contribution is -2.50. The largest absolute Gasteiger partial charge is 0.335 e. The van der Waals surface area contributed by atoms with Crippen LogP contribution in [0.2, 0.25) is 0 Å². The standard InChI is InChI=1S/C15H28N2O/c1-12(2)10-11-17(14-8-3-4-9-14)15(18)16-13-6-5-7-13/h12-14H,3-11H2,1-2H3,(H,16,18). The fraction of sp³-hybridized carbons (Fsp3) is 0.933. The second-order valence-electron chi connectivity index (χ2n) is 6.39. The van der Waals surface area contributed by atoms with Crippen LogP contribution >= 0.6 is 0 Å². The molecule has 0 aliphatic heterocycles. The number of hydrogen-bond donors (Lipinski definition) is 1. The molecule has 2 rings (SSSR count). The highest BCUT2D eigenvalue weighted by atomic mass is 16.2. The SMILES string of the molecule is CC(C)CCN(C(=O)NC1CCC1)C1CCCC1. The lowest BCUT2D eigenvalue weighted by atomic mass is 9.93. The average Bonchev–Trinajstić information content (AvgIpc) is 2.77. The van der Waals surface area contributed by atoms with Crippen LogP contribution in [-0.4, -0.2) is 29.6 Å². The van der Waals surface area contributed by atoms with Gasteiger partial charge in [0.2, 0.25) is 0 Å². The quantitative estimate of drug-likeness (QED) is 0.797. The molecule has 2 amide bonds. The molecule has 0 atom stereocenters. The van der Waals surface area contributed by atoms with Crippen molar-refractivity contribution in [1.82, 2.24) is 10.2 Å². The van der Waals surface area contributed by atoms with E-state index in [-0.39, 0.29) is 6.03 Å². The van der Waals surface area contributed by atoms with Gasteiger partial charge in [-0.2, -0.15) is 0 Å². The van der Waals surface area contributed by atoms with Crippen molar-refractivity contribution in [3.8, 4) is 0 Å². The zero-order valence-electron chi connectivity index (χ0n) is 12.0. The molecule has 2 aliphatic rings. The third kappa shape index (κ3) is 3.63. The van der Waals surface area contributed by atoms with Gasteiger partial charge in [-0.05, 0) is 44.4 Å². The Morgan fingerprint density at radius 2 is 1.83 bits per heavy atom. The van der Waals surface area contributed by atoms with E-state index in [9.17, 15) is 4.79 Å². The first-order chi connectivity index (χ1) is 8.66. The highest BCUT2D eigenvalue weighted by Gasteiger charge is 2.29. The molecule has 0 unspecified atom stereocenters.